The first-order valence-corrected chi connectivity index (χ1v) is 11.0. The summed E-state index contributed by atoms with van der Waals surface area (Å²) in [5, 5.41) is 2.59. The number of fused-ring (bicyclic) bond motifs is 3. The van der Waals surface area contributed by atoms with E-state index in [9.17, 15) is 0 Å². The Morgan fingerprint density at radius 3 is 2.13 bits per heavy atom. The van der Waals surface area contributed by atoms with Crippen molar-refractivity contribution in [1.29, 1.82) is 0 Å². The van der Waals surface area contributed by atoms with Crippen LogP contribution in [0.15, 0.2) is 86.0 Å². The third kappa shape index (κ3) is 4.44. The van der Waals surface area contributed by atoms with Gasteiger partial charge in [-0.15, -0.1) is 6.58 Å². The average molecular weight is 411 g/mol. The van der Waals surface area contributed by atoms with Crippen LogP contribution >= 0.6 is 0 Å². The predicted molar refractivity (Wildman–Crippen MR) is 140 cm³/mol. The highest BCUT2D eigenvalue weighted by Gasteiger charge is 2.15. The molecule has 0 radical (unpaired) electrons. The Bertz CT molecular complexity index is 1200. The predicted octanol–water partition coefficient (Wildman–Crippen LogP) is 8.76. The summed E-state index contributed by atoms with van der Waals surface area (Å²) in [4.78, 5) is 2.24. The fraction of sp³-hybridized carbons (Fsp3) is 0.241. The second-order valence-electron chi connectivity index (χ2n) is 8.16. The summed E-state index contributed by atoms with van der Waals surface area (Å²) < 4.78 is 2.28. The quantitative estimate of drug-likeness (QED) is 0.298. The molecule has 0 fully saturated rings. The molecule has 0 aliphatic heterocycles. The largest absolute Gasteiger partial charge is 0.345 e. The number of aromatic nitrogens is 1. The van der Waals surface area contributed by atoms with Crippen molar-refractivity contribution in [2.24, 2.45) is 0 Å². The molecule has 0 aliphatic rings. The molecule has 0 aliphatic carbocycles. The van der Waals surface area contributed by atoms with E-state index in [1.807, 2.05) is 6.92 Å². The molecule has 0 saturated heterocycles. The minimum atomic E-state index is 0.558. The standard InChI is InChI=1S/C26H28N2.C3H6/c1-6-19(4)20-12-14-25-23(16-20)24-17-22(13-15-26(24)28(25)18(2)3)27(5)21-10-8-7-9-11-21;1-3-2/h7-17,19H,2,6H2,1,3-5H3;3H,1H2,2H3. The van der Waals surface area contributed by atoms with Crippen LogP contribution < -0.4 is 4.90 Å². The van der Waals surface area contributed by atoms with Gasteiger partial charge in [0.05, 0.1) is 11.0 Å². The Kier molecular flexibility index (Phi) is 7.02. The molecule has 1 unspecified atom stereocenters. The summed E-state index contributed by atoms with van der Waals surface area (Å²) in [5.41, 5.74) is 7.26. The number of allylic oxidation sites excluding steroid dienone is 2. The molecule has 2 heteroatoms. The molecule has 1 aromatic heterocycles. The molecule has 1 heterocycles. The monoisotopic (exact) mass is 410 g/mol. The minimum absolute atomic E-state index is 0.558. The van der Waals surface area contributed by atoms with E-state index in [0.717, 1.165) is 12.1 Å². The average Bonchev–Trinajstić information content (AvgIpc) is 3.12. The van der Waals surface area contributed by atoms with Crippen LogP contribution in [0.4, 0.5) is 11.4 Å². The van der Waals surface area contributed by atoms with E-state index in [4.69, 9.17) is 0 Å². The molecule has 0 saturated carbocycles. The second kappa shape index (κ2) is 9.70. The van der Waals surface area contributed by atoms with Crippen LogP contribution in [0.25, 0.3) is 27.5 Å². The van der Waals surface area contributed by atoms with Crippen molar-refractivity contribution >= 4 is 38.9 Å². The van der Waals surface area contributed by atoms with Gasteiger partial charge in [-0.25, -0.2) is 0 Å². The van der Waals surface area contributed by atoms with Crippen molar-refractivity contribution in [3.05, 3.63) is 91.5 Å². The van der Waals surface area contributed by atoms with E-state index in [1.165, 1.54) is 38.7 Å². The Labute approximate surface area is 187 Å². The van der Waals surface area contributed by atoms with Crippen molar-refractivity contribution in [3.8, 4) is 0 Å². The number of anilines is 2. The maximum atomic E-state index is 4.23. The highest BCUT2D eigenvalue weighted by Crippen LogP contribution is 2.36. The van der Waals surface area contributed by atoms with Crippen LogP contribution in [0.2, 0.25) is 0 Å². The van der Waals surface area contributed by atoms with E-state index in [1.54, 1.807) is 6.08 Å². The first-order chi connectivity index (χ1) is 14.9. The van der Waals surface area contributed by atoms with E-state index >= 15 is 0 Å². The Morgan fingerprint density at radius 2 is 1.55 bits per heavy atom. The SMILES string of the molecule is C=C(C)n1c2ccc(C(C)CC)cc2c2cc(N(C)c3ccccc3)ccc21.C=CC. The third-order valence-electron chi connectivity index (χ3n) is 5.87. The normalized spacial score (nSPS) is 11.6. The van der Waals surface area contributed by atoms with Gasteiger partial charge >= 0.3 is 0 Å². The third-order valence-corrected chi connectivity index (χ3v) is 5.87. The molecule has 1 atom stereocenters. The van der Waals surface area contributed by atoms with E-state index in [0.29, 0.717) is 5.92 Å². The number of hydrogen-bond acceptors (Lipinski definition) is 1. The van der Waals surface area contributed by atoms with Crippen LogP contribution in [0.1, 0.15) is 45.6 Å². The molecule has 0 N–H and O–H groups in total. The van der Waals surface area contributed by atoms with Crippen LogP contribution in [-0.4, -0.2) is 11.6 Å². The van der Waals surface area contributed by atoms with Crippen molar-refractivity contribution in [3.63, 3.8) is 0 Å². The lowest BCUT2D eigenvalue weighted by atomic mass is 9.97. The topological polar surface area (TPSA) is 8.17 Å². The first-order valence-electron chi connectivity index (χ1n) is 11.0. The Balaban J connectivity index is 0.000000858. The summed E-state index contributed by atoms with van der Waals surface area (Å²) in [7, 11) is 2.12. The highest BCUT2D eigenvalue weighted by atomic mass is 15.1. The van der Waals surface area contributed by atoms with Crippen LogP contribution in [0.5, 0.6) is 0 Å². The molecule has 31 heavy (non-hydrogen) atoms. The number of rotatable bonds is 5. The fourth-order valence-electron chi connectivity index (χ4n) is 3.99. The second-order valence-corrected chi connectivity index (χ2v) is 8.16. The highest BCUT2D eigenvalue weighted by molar-refractivity contribution is 6.11. The van der Waals surface area contributed by atoms with Gasteiger partial charge in [0.1, 0.15) is 0 Å². The van der Waals surface area contributed by atoms with Gasteiger partial charge in [-0.2, -0.15) is 0 Å². The molecule has 3 aromatic carbocycles. The lowest BCUT2D eigenvalue weighted by Crippen LogP contribution is -2.08. The lowest BCUT2D eigenvalue weighted by molar-refractivity contribution is 0.735. The van der Waals surface area contributed by atoms with Gasteiger partial charge in [0.15, 0.2) is 0 Å². The zero-order valence-electron chi connectivity index (χ0n) is 19.5. The number of para-hydroxylation sites is 1. The number of nitrogens with zero attached hydrogens (tertiary/aromatic N) is 2. The van der Waals surface area contributed by atoms with Gasteiger partial charge in [-0.1, -0.05) is 50.8 Å². The zero-order chi connectivity index (χ0) is 22.5. The van der Waals surface area contributed by atoms with Crippen LogP contribution in [-0.2, 0) is 0 Å². The molecule has 160 valence electrons. The first kappa shape index (κ1) is 22.4. The van der Waals surface area contributed by atoms with Gasteiger partial charge in [-0.05, 0) is 74.2 Å². The van der Waals surface area contributed by atoms with Crippen LogP contribution in [0, 0.1) is 0 Å². The summed E-state index contributed by atoms with van der Waals surface area (Å²) >= 11 is 0. The summed E-state index contributed by atoms with van der Waals surface area (Å²) in [6, 6.07) is 24.1. The Morgan fingerprint density at radius 1 is 0.968 bits per heavy atom. The van der Waals surface area contributed by atoms with Crippen LogP contribution in [0.3, 0.4) is 0 Å². The maximum absolute atomic E-state index is 4.23. The van der Waals surface area contributed by atoms with Crippen molar-refractivity contribution in [1.82, 2.24) is 4.57 Å². The Hall–Kier alpha value is -3.26. The van der Waals surface area contributed by atoms with Gasteiger partial charge in [0.2, 0.25) is 0 Å². The number of hydrogen-bond donors (Lipinski definition) is 0. The molecule has 0 amide bonds. The van der Waals surface area contributed by atoms with Gasteiger partial charge in [-0.3, -0.25) is 0 Å². The molecular weight excluding hydrogens is 376 g/mol. The molecule has 4 aromatic rings. The maximum Gasteiger partial charge on any atom is 0.0539 e. The van der Waals surface area contributed by atoms with Crippen molar-refractivity contribution < 1.29 is 0 Å². The molecular formula is C29H34N2. The van der Waals surface area contributed by atoms with E-state index in [2.05, 4.69) is 117 Å². The van der Waals surface area contributed by atoms with Gasteiger partial charge in [0.25, 0.3) is 0 Å². The van der Waals surface area contributed by atoms with Gasteiger partial charge < -0.3 is 9.47 Å². The minimum Gasteiger partial charge on any atom is -0.345 e. The molecule has 4 rings (SSSR count). The van der Waals surface area contributed by atoms with E-state index in [-0.39, 0.29) is 0 Å². The van der Waals surface area contributed by atoms with Crippen molar-refractivity contribution in [2.75, 3.05) is 11.9 Å². The van der Waals surface area contributed by atoms with Crippen molar-refractivity contribution in [2.45, 2.75) is 40.0 Å². The summed E-state index contributed by atoms with van der Waals surface area (Å²) in [6.07, 6.45) is 2.90. The fourth-order valence-corrected chi connectivity index (χ4v) is 3.99. The van der Waals surface area contributed by atoms with Gasteiger partial charge in [0, 0.05) is 34.9 Å². The molecule has 0 spiro atoms. The molecule has 2 nitrogen and oxygen atoms in total. The molecule has 0 bridgehead atoms. The number of benzene rings is 3. The smallest absolute Gasteiger partial charge is 0.0539 e. The van der Waals surface area contributed by atoms with E-state index < -0.39 is 0 Å². The zero-order valence-corrected chi connectivity index (χ0v) is 19.5. The lowest BCUT2D eigenvalue weighted by Gasteiger charge is -2.19. The summed E-state index contributed by atoms with van der Waals surface area (Å²) in [5.74, 6) is 0.558. The summed E-state index contributed by atoms with van der Waals surface area (Å²) in [6.45, 7) is 16.1.